The van der Waals surface area contributed by atoms with Crippen LogP contribution in [-0.2, 0) is 19.1 Å². The quantitative estimate of drug-likeness (QED) is 0.350. The molecule has 4 aliphatic rings. The van der Waals surface area contributed by atoms with Crippen LogP contribution in [-0.4, -0.2) is 71.2 Å². The summed E-state index contributed by atoms with van der Waals surface area (Å²) in [7, 11) is 0. The van der Waals surface area contributed by atoms with Gasteiger partial charge in [-0.3, -0.25) is 14.4 Å². The van der Waals surface area contributed by atoms with Crippen LogP contribution < -0.4 is 9.80 Å². The van der Waals surface area contributed by atoms with Crippen LogP contribution in [0.2, 0.25) is 5.02 Å². The molecule has 4 aliphatic heterocycles. The van der Waals surface area contributed by atoms with Gasteiger partial charge in [0.1, 0.15) is 11.6 Å². The van der Waals surface area contributed by atoms with Gasteiger partial charge in [-0.05, 0) is 50.5 Å². The van der Waals surface area contributed by atoms with Gasteiger partial charge < -0.3 is 24.5 Å². The zero-order valence-electron chi connectivity index (χ0n) is 24.6. The number of rotatable bonds is 8. The molecule has 8 nitrogen and oxygen atoms in total. The highest BCUT2D eigenvalue weighted by atomic mass is 35.5. The topological polar surface area (TPSA) is 90.4 Å². The maximum Gasteiger partial charge on any atom is 0.253 e. The Bertz CT molecular complexity index is 1460. The lowest BCUT2D eigenvalue weighted by molar-refractivity contribution is -0.144. The lowest BCUT2D eigenvalue weighted by Crippen LogP contribution is -2.56. The Morgan fingerprint density at radius 1 is 0.860 bits per heavy atom. The van der Waals surface area contributed by atoms with Gasteiger partial charge in [0.2, 0.25) is 11.8 Å². The van der Waals surface area contributed by atoms with E-state index >= 15 is 0 Å². The first-order valence-electron chi connectivity index (χ1n) is 15.1. The van der Waals surface area contributed by atoms with Crippen LogP contribution in [0.15, 0.2) is 72.8 Å². The van der Waals surface area contributed by atoms with Crippen LogP contribution in [0, 0.1) is 18.8 Å². The monoisotopic (exact) mass is 603 g/mol. The van der Waals surface area contributed by atoms with Gasteiger partial charge in [0.25, 0.3) is 5.91 Å². The molecule has 2 saturated heterocycles. The highest BCUT2D eigenvalue weighted by Crippen LogP contribution is 2.58. The van der Waals surface area contributed by atoms with Gasteiger partial charge in [0.15, 0.2) is 0 Å². The zero-order chi connectivity index (χ0) is 30.4. The van der Waals surface area contributed by atoms with Gasteiger partial charge in [0, 0.05) is 31.9 Å². The molecular weight excluding hydrogens is 566 g/mol. The summed E-state index contributed by atoms with van der Waals surface area (Å²) in [4.78, 5) is 48.7. The third kappa shape index (κ3) is 4.80. The average Bonchev–Trinajstić information content (AvgIpc) is 3.25. The number of halogens is 1. The van der Waals surface area contributed by atoms with Crippen molar-refractivity contribution in [2.24, 2.45) is 11.8 Å². The fourth-order valence-corrected chi connectivity index (χ4v) is 7.84. The summed E-state index contributed by atoms with van der Waals surface area (Å²) >= 11 is 6.65. The Hall–Kier alpha value is -3.46. The number of para-hydroxylation sites is 2. The number of nitrogens with zero attached hydrogens (tertiary/aromatic N) is 3. The van der Waals surface area contributed by atoms with Gasteiger partial charge in [-0.15, -0.1) is 0 Å². The maximum atomic E-state index is 14.7. The number of fused-ring (bicyclic) bond motifs is 2. The number of carbonyl (C=O) groups is 3. The molecule has 4 heterocycles. The van der Waals surface area contributed by atoms with Crippen molar-refractivity contribution in [1.82, 2.24) is 4.90 Å². The first-order valence-corrected chi connectivity index (χ1v) is 15.5. The molecule has 3 amide bonds. The van der Waals surface area contributed by atoms with Gasteiger partial charge in [0.05, 0.1) is 28.1 Å². The molecule has 0 radical (unpaired) electrons. The van der Waals surface area contributed by atoms with Crippen molar-refractivity contribution in [3.63, 3.8) is 0 Å². The third-order valence-electron chi connectivity index (χ3n) is 9.39. The van der Waals surface area contributed by atoms with Gasteiger partial charge in [-0.25, -0.2) is 0 Å². The normalized spacial score (nSPS) is 29.9. The van der Waals surface area contributed by atoms with Crippen molar-refractivity contribution in [3.05, 3.63) is 83.4 Å². The van der Waals surface area contributed by atoms with E-state index in [0.717, 1.165) is 24.1 Å². The number of likely N-dealkylation sites (tertiary alicyclic amines) is 1. The Morgan fingerprint density at radius 2 is 1.58 bits per heavy atom. The van der Waals surface area contributed by atoms with E-state index in [1.165, 1.54) is 0 Å². The number of aryl methyl sites for hydroxylation is 1. The SMILES string of the molecule is Cc1cccc(Cl)c1N1CC=C[C@]23O[C@@]4(C)C=CCN(c5ccccc5)C(=O)[C@H]4[C@H]2C(=O)N(CCCCCCO)C3C1=O. The average molecular weight is 604 g/mol. The molecule has 43 heavy (non-hydrogen) atoms. The summed E-state index contributed by atoms with van der Waals surface area (Å²) in [5.74, 6) is -2.42. The number of hydrogen-bond donors (Lipinski definition) is 1. The molecule has 2 aromatic carbocycles. The first-order chi connectivity index (χ1) is 20.7. The summed E-state index contributed by atoms with van der Waals surface area (Å²) in [5.41, 5.74) is -0.214. The number of aliphatic hydroxyl groups excluding tert-OH is 1. The number of anilines is 2. The van der Waals surface area contributed by atoms with Crippen LogP contribution in [0.5, 0.6) is 0 Å². The minimum Gasteiger partial charge on any atom is -0.396 e. The Labute approximate surface area is 257 Å². The Balaban J connectivity index is 1.44. The van der Waals surface area contributed by atoms with Gasteiger partial charge in [-0.2, -0.15) is 0 Å². The van der Waals surface area contributed by atoms with Crippen molar-refractivity contribution < 1.29 is 24.2 Å². The van der Waals surface area contributed by atoms with Crippen molar-refractivity contribution in [1.29, 1.82) is 0 Å². The van der Waals surface area contributed by atoms with E-state index in [0.29, 0.717) is 36.6 Å². The minimum atomic E-state index is -1.33. The molecule has 0 bridgehead atoms. The molecular formula is C34H38ClN3O5. The van der Waals surface area contributed by atoms with Crippen LogP contribution >= 0.6 is 11.6 Å². The number of unbranched alkanes of at least 4 members (excludes halogenated alkanes) is 3. The number of amides is 3. The standard InChI is InChI=1S/C34H38ClN3O5/c1-23-13-10-16-25(35)28(23)37-21-12-18-34-27(31(41)38(29(34)32(37)42)19-8-3-4-9-22-39)26-30(40)36(24-14-6-5-7-15-24)20-11-17-33(26,2)43-34/h5-7,10-18,26-27,29,39H,3-4,8-9,19-22H2,1-2H3/t26-,27+,29?,33+,34+/m1/s1. The summed E-state index contributed by atoms with van der Waals surface area (Å²) in [5, 5.41) is 9.68. The molecule has 5 atom stereocenters. The van der Waals surface area contributed by atoms with E-state index in [-0.39, 0.29) is 30.9 Å². The van der Waals surface area contributed by atoms with Crippen molar-refractivity contribution in [2.45, 2.75) is 56.8 Å². The van der Waals surface area contributed by atoms with E-state index in [9.17, 15) is 19.5 Å². The smallest absolute Gasteiger partial charge is 0.253 e. The third-order valence-corrected chi connectivity index (χ3v) is 9.70. The molecule has 1 spiro atoms. The zero-order valence-corrected chi connectivity index (χ0v) is 25.4. The van der Waals surface area contributed by atoms with E-state index in [2.05, 4.69) is 0 Å². The summed E-state index contributed by atoms with van der Waals surface area (Å²) in [6, 6.07) is 14.0. The van der Waals surface area contributed by atoms with E-state index in [4.69, 9.17) is 16.3 Å². The molecule has 6 rings (SSSR count). The Morgan fingerprint density at radius 3 is 2.33 bits per heavy atom. The maximum absolute atomic E-state index is 14.7. The molecule has 9 heteroatoms. The largest absolute Gasteiger partial charge is 0.396 e. The van der Waals surface area contributed by atoms with E-state index in [1.807, 2.05) is 80.6 Å². The fourth-order valence-electron chi connectivity index (χ4n) is 7.51. The minimum absolute atomic E-state index is 0.119. The summed E-state index contributed by atoms with van der Waals surface area (Å²) < 4.78 is 6.95. The van der Waals surface area contributed by atoms with Crippen LogP contribution in [0.1, 0.15) is 38.2 Å². The Kier molecular flexibility index (Phi) is 7.96. The number of carbonyl (C=O) groups excluding carboxylic acids is 3. The van der Waals surface area contributed by atoms with Crippen molar-refractivity contribution in [2.75, 3.05) is 36.0 Å². The predicted octanol–water partition coefficient (Wildman–Crippen LogP) is 4.68. The van der Waals surface area contributed by atoms with Crippen LogP contribution in [0.4, 0.5) is 11.4 Å². The predicted molar refractivity (Wildman–Crippen MR) is 166 cm³/mol. The fraction of sp³-hybridized carbons (Fsp3) is 0.441. The van der Waals surface area contributed by atoms with Gasteiger partial charge in [-0.1, -0.05) is 79.1 Å². The highest BCUT2D eigenvalue weighted by Gasteiger charge is 2.74. The van der Waals surface area contributed by atoms with E-state index in [1.54, 1.807) is 20.8 Å². The molecule has 226 valence electrons. The second kappa shape index (κ2) is 11.6. The van der Waals surface area contributed by atoms with Crippen LogP contribution in [0.25, 0.3) is 0 Å². The molecule has 2 aromatic rings. The van der Waals surface area contributed by atoms with Gasteiger partial charge >= 0.3 is 0 Å². The summed E-state index contributed by atoms with van der Waals surface area (Å²) in [6.45, 7) is 4.86. The summed E-state index contributed by atoms with van der Waals surface area (Å²) in [6.07, 6.45) is 10.5. The molecule has 2 fully saturated rings. The molecule has 0 aliphatic carbocycles. The molecule has 1 unspecified atom stereocenters. The lowest BCUT2D eigenvalue weighted by Gasteiger charge is -2.37. The molecule has 0 aromatic heterocycles. The number of hydrogen-bond acceptors (Lipinski definition) is 5. The lowest BCUT2D eigenvalue weighted by atomic mass is 9.74. The van der Waals surface area contributed by atoms with E-state index < -0.39 is 29.1 Å². The molecule has 1 N–H and O–H groups in total. The number of benzene rings is 2. The van der Waals surface area contributed by atoms with Crippen molar-refractivity contribution in [3.8, 4) is 0 Å². The second-order valence-electron chi connectivity index (χ2n) is 12.1. The van der Waals surface area contributed by atoms with Crippen molar-refractivity contribution >= 4 is 40.7 Å². The second-order valence-corrected chi connectivity index (χ2v) is 12.5. The van der Waals surface area contributed by atoms with Crippen LogP contribution in [0.3, 0.4) is 0 Å². The number of aliphatic hydroxyl groups is 1. The molecule has 0 saturated carbocycles. The highest BCUT2D eigenvalue weighted by molar-refractivity contribution is 6.34. The first kappa shape index (κ1) is 29.6. The number of ether oxygens (including phenoxy) is 1.